The van der Waals surface area contributed by atoms with Crippen molar-refractivity contribution in [3.8, 4) is 11.3 Å². The quantitative estimate of drug-likeness (QED) is 0.887. The third-order valence-corrected chi connectivity index (χ3v) is 5.43. The highest BCUT2D eigenvalue weighted by atomic mass is 16.2. The standard InChI is InChI=1S/C22H26N4O2/c27-21-16-26(13-10-23-21)22(28)19-7-5-18(6-8-19)20-9-4-17(14-24-20)15-25-11-2-1-3-12-25/h4-9,14H,1-3,10-13,15-16H2,(H,23,27). The Kier molecular flexibility index (Phi) is 5.67. The number of carbonyl (C=O) groups excluding carboxylic acids is 2. The fourth-order valence-corrected chi connectivity index (χ4v) is 3.84. The van der Waals surface area contributed by atoms with Gasteiger partial charge in [0.25, 0.3) is 5.91 Å². The zero-order valence-corrected chi connectivity index (χ0v) is 16.1. The average Bonchev–Trinajstić information content (AvgIpc) is 2.75. The van der Waals surface area contributed by atoms with E-state index in [1.807, 2.05) is 36.5 Å². The third-order valence-electron chi connectivity index (χ3n) is 5.43. The van der Waals surface area contributed by atoms with Crippen LogP contribution in [0.5, 0.6) is 0 Å². The Bertz CT molecular complexity index is 827. The molecule has 146 valence electrons. The van der Waals surface area contributed by atoms with E-state index in [1.54, 1.807) is 4.90 Å². The second-order valence-corrected chi connectivity index (χ2v) is 7.54. The lowest BCUT2D eigenvalue weighted by atomic mass is 10.1. The largest absolute Gasteiger partial charge is 0.353 e. The molecule has 0 atom stereocenters. The Hall–Kier alpha value is -2.73. The maximum absolute atomic E-state index is 12.6. The third kappa shape index (κ3) is 4.39. The van der Waals surface area contributed by atoms with Crippen molar-refractivity contribution in [3.05, 3.63) is 53.7 Å². The highest BCUT2D eigenvalue weighted by molar-refractivity contribution is 5.97. The summed E-state index contributed by atoms with van der Waals surface area (Å²) >= 11 is 0. The Morgan fingerprint density at radius 2 is 1.79 bits per heavy atom. The molecule has 0 unspecified atom stereocenters. The van der Waals surface area contributed by atoms with E-state index in [9.17, 15) is 9.59 Å². The molecule has 0 radical (unpaired) electrons. The fourth-order valence-electron chi connectivity index (χ4n) is 3.84. The lowest BCUT2D eigenvalue weighted by Gasteiger charge is -2.26. The molecule has 2 aliphatic rings. The molecule has 2 amide bonds. The summed E-state index contributed by atoms with van der Waals surface area (Å²) in [4.78, 5) is 32.7. The summed E-state index contributed by atoms with van der Waals surface area (Å²) in [5.74, 6) is -0.212. The molecule has 28 heavy (non-hydrogen) atoms. The van der Waals surface area contributed by atoms with Crippen LogP contribution in [0.25, 0.3) is 11.3 Å². The van der Waals surface area contributed by atoms with Crippen molar-refractivity contribution in [1.82, 2.24) is 20.1 Å². The number of carbonyl (C=O) groups is 2. The molecule has 0 bridgehead atoms. The van der Waals surface area contributed by atoms with Gasteiger partial charge in [-0.3, -0.25) is 19.5 Å². The summed E-state index contributed by atoms with van der Waals surface area (Å²) in [5, 5.41) is 2.73. The molecule has 6 nitrogen and oxygen atoms in total. The molecule has 0 saturated carbocycles. The van der Waals surface area contributed by atoms with E-state index in [-0.39, 0.29) is 18.4 Å². The van der Waals surface area contributed by atoms with Crippen LogP contribution in [0.3, 0.4) is 0 Å². The van der Waals surface area contributed by atoms with E-state index in [0.29, 0.717) is 18.7 Å². The van der Waals surface area contributed by atoms with Crippen molar-refractivity contribution in [2.45, 2.75) is 25.8 Å². The van der Waals surface area contributed by atoms with E-state index in [2.05, 4.69) is 21.3 Å². The van der Waals surface area contributed by atoms with Gasteiger partial charge in [-0.1, -0.05) is 24.6 Å². The maximum Gasteiger partial charge on any atom is 0.254 e. The van der Waals surface area contributed by atoms with Gasteiger partial charge in [0.15, 0.2) is 0 Å². The summed E-state index contributed by atoms with van der Waals surface area (Å²) < 4.78 is 0. The van der Waals surface area contributed by atoms with Crippen LogP contribution in [-0.2, 0) is 11.3 Å². The molecule has 2 fully saturated rings. The minimum atomic E-state index is -0.106. The van der Waals surface area contributed by atoms with Crippen LogP contribution in [0.1, 0.15) is 35.2 Å². The number of nitrogens with one attached hydrogen (secondary N) is 1. The number of hydrogen-bond acceptors (Lipinski definition) is 4. The van der Waals surface area contributed by atoms with Crippen LogP contribution in [-0.4, -0.2) is 59.3 Å². The number of piperazine rings is 1. The molecular formula is C22H26N4O2. The molecule has 6 heteroatoms. The van der Waals surface area contributed by atoms with E-state index < -0.39 is 0 Å². The first-order valence-corrected chi connectivity index (χ1v) is 10.0. The summed E-state index contributed by atoms with van der Waals surface area (Å²) in [5.41, 5.74) is 3.72. The zero-order chi connectivity index (χ0) is 19.3. The summed E-state index contributed by atoms with van der Waals surface area (Å²) in [6.45, 7) is 4.50. The highest BCUT2D eigenvalue weighted by Crippen LogP contribution is 2.20. The monoisotopic (exact) mass is 378 g/mol. The molecule has 1 N–H and O–H groups in total. The van der Waals surface area contributed by atoms with Crippen molar-refractivity contribution in [2.75, 3.05) is 32.7 Å². The predicted molar refractivity (Wildman–Crippen MR) is 108 cm³/mol. The number of piperidine rings is 1. The Morgan fingerprint density at radius 3 is 2.46 bits per heavy atom. The maximum atomic E-state index is 12.6. The Balaban J connectivity index is 1.40. The minimum Gasteiger partial charge on any atom is -0.353 e. The predicted octanol–water partition coefficient (Wildman–Crippen LogP) is 2.31. The second-order valence-electron chi connectivity index (χ2n) is 7.54. The SMILES string of the molecule is O=C1CN(C(=O)c2ccc(-c3ccc(CN4CCCCC4)cn3)cc2)CCN1. The van der Waals surface area contributed by atoms with Gasteiger partial charge < -0.3 is 10.2 Å². The highest BCUT2D eigenvalue weighted by Gasteiger charge is 2.22. The average molecular weight is 378 g/mol. The Morgan fingerprint density at radius 1 is 1.00 bits per heavy atom. The topological polar surface area (TPSA) is 65.5 Å². The first kappa shape index (κ1) is 18.6. The van der Waals surface area contributed by atoms with Crippen LogP contribution in [0.15, 0.2) is 42.6 Å². The van der Waals surface area contributed by atoms with Gasteiger partial charge in [0.05, 0.1) is 12.2 Å². The van der Waals surface area contributed by atoms with Crippen LogP contribution in [0.2, 0.25) is 0 Å². The number of aromatic nitrogens is 1. The first-order chi connectivity index (χ1) is 13.7. The van der Waals surface area contributed by atoms with E-state index in [0.717, 1.165) is 17.8 Å². The van der Waals surface area contributed by atoms with Gasteiger partial charge in [0.2, 0.25) is 5.91 Å². The number of benzene rings is 1. The number of rotatable bonds is 4. The van der Waals surface area contributed by atoms with Crippen molar-refractivity contribution in [3.63, 3.8) is 0 Å². The van der Waals surface area contributed by atoms with Gasteiger partial charge in [-0.2, -0.15) is 0 Å². The van der Waals surface area contributed by atoms with Crippen molar-refractivity contribution in [2.24, 2.45) is 0 Å². The van der Waals surface area contributed by atoms with Gasteiger partial charge >= 0.3 is 0 Å². The lowest BCUT2D eigenvalue weighted by Crippen LogP contribution is -2.49. The first-order valence-electron chi connectivity index (χ1n) is 10.0. The van der Waals surface area contributed by atoms with Crippen molar-refractivity contribution < 1.29 is 9.59 Å². The van der Waals surface area contributed by atoms with Crippen LogP contribution < -0.4 is 5.32 Å². The summed E-state index contributed by atoms with van der Waals surface area (Å²) in [6, 6.07) is 11.7. The van der Waals surface area contributed by atoms with Gasteiger partial charge in [-0.05, 0) is 49.7 Å². The van der Waals surface area contributed by atoms with Gasteiger partial charge in [0.1, 0.15) is 0 Å². The minimum absolute atomic E-state index is 0.105. The molecule has 4 rings (SSSR count). The molecule has 1 aromatic heterocycles. The van der Waals surface area contributed by atoms with Crippen molar-refractivity contribution >= 4 is 11.8 Å². The molecule has 1 aromatic carbocycles. The molecule has 2 aliphatic heterocycles. The number of pyridine rings is 1. The molecular weight excluding hydrogens is 352 g/mol. The van der Waals surface area contributed by atoms with E-state index >= 15 is 0 Å². The van der Waals surface area contributed by atoms with Gasteiger partial charge in [-0.25, -0.2) is 0 Å². The molecule has 0 spiro atoms. The van der Waals surface area contributed by atoms with Gasteiger partial charge in [0, 0.05) is 37.0 Å². The number of hydrogen-bond donors (Lipinski definition) is 1. The molecule has 3 heterocycles. The van der Waals surface area contributed by atoms with Gasteiger partial charge in [-0.15, -0.1) is 0 Å². The number of likely N-dealkylation sites (tertiary alicyclic amines) is 1. The van der Waals surface area contributed by atoms with Crippen LogP contribution in [0.4, 0.5) is 0 Å². The number of amides is 2. The molecule has 0 aliphatic carbocycles. The fraction of sp³-hybridized carbons (Fsp3) is 0.409. The van der Waals surface area contributed by atoms with Crippen LogP contribution in [0, 0.1) is 0 Å². The summed E-state index contributed by atoms with van der Waals surface area (Å²) in [7, 11) is 0. The zero-order valence-electron chi connectivity index (χ0n) is 16.1. The van der Waals surface area contributed by atoms with E-state index in [4.69, 9.17) is 0 Å². The molecule has 2 saturated heterocycles. The summed E-state index contributed by atoms with van der Waals surface area (Å²) in [6.07, 6.45) is 5.88. The second kappa shape index (κ2) is 8.52. The van der Waals surface area contributed by atoms with Crippen LogP contribution >= 0.6 is 0 Å². The molecule has 2 aromatic rings. The Labute approximate surface area is 165 Å². The number of nitrogens with zero attached hydrogens (tertiary/aromatic N) is 3. The normalized spacial score (nSPS) is 18.0. The lowest BCUT2D eigenvalue weighted by molar-refractivity contribution is -0.123. The smallest absolute Gasteiger partial charge is 0.254 e. The van der Waals surface area contributed by atoms with E-state index in [1.165, 1.54) is 37.9 Å². The van der Waals surface area contributed by atoms with Crippen molar-refractivity contribution in [1.29, 1.82) is 0 Å².